The number of carbonyl (C=O) groups is 1. The molecule has 0 radical (unpaired) electrons. The van der Waals surface area contributed by atoms with Crippen molar-refractivity contribution in [3.8, 4) is 5.75 Å². The fraction of sp³-hybridized carbons (Fsp3) is 0.500. The molecule has 0 bridgehead atoms. The molecule has 1 saturated heterocycles. The number of hydrogen-bond donors (Lipinski definition) is 1. The third kappa shape index (κ3) is 4.35. The lowest BCUT2D eigenvalue weighted by Gasteiger charge is -2.31. The number of ether oxygens (including phenoxy) is 1. The van der Waals surface area contributed by atoms with Crippen LogP contribution in [0.2, 0.25) is 0 Å². The number of nitrogens with two attached hydrogens (primary N) is 1. The average molecular weight is 302 g/mol. The van der Waals surface area contributed by atoms with E-state index in [-0.39, 0.29) is 23.3 Å². The Bertz CT molecular complexity index is 505. The molecule has 2 rings (SSSR count). The largest absolute Gasteiger partial charge is 0.483 e. The van der Waals surface area contributed by atoms with Crippen molar-refractivity contribution in [1.29, 1.82) is 0 Å². The number of nitrogens with zero attached hydrogens (tertiary/aromatic N) is 1. The predicted octanol–water partition coefficient (Wildman–Crippen LogP) is 2.19. The Morgan fingerprint density at radius 1 is 1.38 bits per heavy atom. The van der Waals surface area contributed by atoms with E-state index in [1.807, 2.05) is 0 Å². The molecule has 1 amide bonds. The fourth-order valence-corrected chi connectivity index (χ4v) is 2.29. The summed E-state index contributed by atoms with van der Waals surface area (Å²) in [5, 5.41) is 0. The summed E-state index contributed by atoms with van der Waals surface area (Å²) in [5.41, 5.74) is 5.96. The molecule has 0 aromatic heterocycles. The summed E-state index contributed by atoms with van der Waals surface area (Å²) in [6, 6.07) is 5.87. The SMILES string of the molecule is N[C@H]1CCCN(C(=O)c2ccccc2OCC(F)(F)F)C1. The van der Waals surface area contributed by atoms with Crippen LogP contribution in [-0.4, -0.2) is 42.7 Å². The number of piperidine rings is 1. The lowest BCUT2D eigenvalue weighted by atomic mass is 10.0. The number of likely N-dealkylation sites (tertiary alicyclic amines) is 1. The van der Waals surface area contributed by atoms with E-state index in [2.05, 4.69) is 0 Å². The Labute approximate surface area is 120 Å². The van der Waals surface area contributed by atoms with Crippen LogP contribution >= 0.6 is 0 Å². The first-order valence-corrected chi connectivity index (χ1v) is 6.70. The Balaban J connectivity index is 2.13. The highest BCUT2D eigenvalue weighted by Crippen LogP contribution is 2.24. The maximum Gasteiger partial charge on any atom is 0.422 e. The van der Waals surface area contributed by atoms with Crippen LogP contribution in [0.15, 0.2) is 24.3 Å². The van der Waals surface area contributed by atoms with Crippen LogP contribution in [0.5, 0.6) is 5.75 Å². The molecular formula is C14H17F3N2O2. The zero-order valence-electron chi connectivity index (χ0n) is 11.4. The Hall–Kier alpha value is -1.76. The number of halogens is 3. The molecule has 0 saturated carbocycles. The summed E-state index contributed by atoms with van der Waals surface area (Å²) in [6.45, 7) is -0.455. The van der Waals surface area contributed by atoms with Gasteiger partial charge in [0, 0.05) is 19.1 Å². The zero-order chi connectivity index (χ0) is 15.5. The predicted molar refractivity (Wildman–Crippen MR) is 71.1 cm³/mol. The summed E-state index contributed by atoms with van der Waals surface area (Å²) >= 11 is 0. The summed E-state index contributed by atoms with van der Waals surface area (Å²) in [6.07, 6.45) is -2.81. The second-order valence-electron chi connectivity index (χ2n) is 5.05. The van der Waals surface area contributed by atoms with Crippen molar-refractivity contribution in [2.75, 3.05) is 19.7 Å². The number of carbonyl (C=O) groups excluding carboxylic acids is 1. The highest BCUT2D eigenvalue weighted by molar-refractivity contribution is 5.97. The minimum Gasteiger partial charge on any atom is -0.483 e. The Morgan fingerprint density at radius 3 is 2.76 bits per heavy atom. The van der Waals surface area contributed by atoms with Crippen LogP contribution in [0.4, 0.5) is 13.2 Å². The number of rotatable bonds is 3. The van der Waals surface area contributed by atoms with Gasteiger partial charge in [-0.05, 0) is 25.0 Å². The van der Waals surface area contributed by atoms with Gasteiger partial charge in [-0.1, -0.05) is 12.1 Å². The molecule has 1 atom stereocenters. The minimum absolute atomic E-state index is 0.0565. The molecule has 1 heterocycles. The first-order valence-electron chi connectivity index (χ1n) is 6.70. The van der Waals surface area contributed by atoms with E-state index in [1.165, 1.54) is 18.2 Å². The molecule has 21 heavy (non-hydrogen) atoms. The Kier molecular flexibility index (Phi) is 4.72. The highest BCUT2D eigenvalue weighted by atomic mass is 19.4. The molecule has 4 nitrogen and oxygen atoms in total. The van der Waals surface area contributed by atoms with Gasteiger partial charge in [-0.15, -0.1) is 0 Å². The van der Waals surface area contributed by atoms with Gasteiger partial charge in [-0.25, -0.2) is 0 Å². The van der Waals surface area contributed by atoms with Crippen LogP contribution in [0, 0.1) is 0 Å². The molecule has 0 spiro atoms. The molecule has 7 heteroatoms. The summed E-state index contributed by atoms with van der Waals surface area (Å²) in [7, 11) is 0. The van der Waals surface area contributed by atoms with Gasteiger partial charge in [0.25, 0.3) is 5.91 Å². The molecule has 1 fully saturated rings. The topological polar surface area (TPSA) is 55.6 Å². The lowest BCUT2D eigenvalue weighted by Crippen LogP contribution is -2.45. The lowest BCUT2D eigenvalue weighted by molar-refractivity contribution is -0.153. The summed E-state index contributed by atoms with van der Waals surface area (Å²) in [5.74, 6) is -0.401. The van der Waals surface area contributed by atoms with E-state index in [9.17, 15) is 18.0 Å². The van der Waals surface area contributed by atoms with Crippen molar-refractivity contribution in [3.63, 3.8) is 0 Å². The van der Waals surface area contributed by atoms with Crippen LogP contribution < -0.4 is 10.5 Å². The van der Waals surface area contributed by atoms with Crippen LogP contribution in [-0.2, 0) is 0 Å². The first-order chi connectivity index (χ1) is 9.87. The standard InChI is InChI=1S/C14H17F3N2O2/c15-14(16,17)9-21-12-6-2-1-5-11(12)13(20)19-7-3-4-10(18)8-19/h1-2,5-6,10H,3-4,7-9,18H2/t10-/m0/s1. The Morgan fingerprint density at radius 2 is 2.10 bits per heavy atom. The van der Waals surface area contributed by atoms with E-state index in [1.54, 1.807) is 11.0 Å². The molecule has 0 aliphatic carbocycles. The second kappa shape index (κ2) is 6.34. The molecule has 1 aromatic carbocycles. The van der Waals surface area contributed by atoms with Gasteiger partial charge < -0.3 is 15.4 Å². The van der Waals surface area contributed by atoms with Gasteiger partial charge >= 0.3 is 6.18 Å². The van der Waals surface area contributed by atoms with Crippen molar-refractivity contribution in [3.05, 3.63) is 29.8 Å². The van der Waals surface area contributed by atoms with Gasteiger partial charge in [0.1, 0.15) is 5.75 Å². The second-order valence-corrected chi connectivity index (χ2v) is 5.05. The van der Waals surface area contributed by atoms with Gasteiger partial charge in [0.2, 0.25) is 0 Å². The minimum atomic E-state index is -4.44. The third-order valence-electron chi connectivity index (χ3n) is 3.25. The van der Waals surface area contributed by atoms with Crippen molar-refractivity contribution in [1.82, 2.24) is 4.90 Å². The smallest absolute Gasteiger partial charge is 0.422 e. The molecule has 2 N–H and O–H groups in total. The quantitative estimate of drug-likeness (QED) is 0.931. The van der Waals surface area contributed by atoms with Crippen molar-refractivity contribution >= 4 is 5.91 Å². The van der Waals surface area contributed by atoms with Crippen LogP contribution in [0.1, 0.15) is 23.2 Å². The van der Waals surface area contributed by atoms with E-state index in [0.29, 0.717) is 13.1 Å². The summed E-state index contributed by atoms with van der Waals surface area (Å²) in [4.78, 5) is 14.0. The van der Waals surface area contributed by atoms with Crippen LogP contribution in [0.3, 0.4) is 0 Å². The van der Waals surface area contributed by atoms with E-state index >= 15 is 0 Å². The maximum atomic E-state index is 12.4. The van der Waals surface area contributed by atoms with E-state index in [0.717, 1.165) is 12.8 Å². The maximum absolute atomic E-state index is 12.4. The van der Waals surface area contributed by atoms with Gasteiger partial charge in [-0.2, -0.15) is 13.2 Å². The summed E-state index contributed by atoms with van der Waals surface area (Å²) < 4.78 is 41.5. The van der Waals surface area contributed by atoms with Gasteiger partial charge in [0.05, 0.1) is 5.56 Å². The highest BCUT2D eigenvalue weighted by Gasteiger charge is 2.30. The molecular weight excluding hydrogens is 285 g/mol. The molecule has 1 aliphatic rings. The van der Waals surface area contributed by atoms with E-state index in [4.69, 9.17) is 10.5 Å². The number of para-hydroxylation sites is 1. The van der Waals surface area contributed by atoms with Crippen molar-refractivity contribution in [2.24, 2.45) is 5.73 Å². The van der Waals surface area contributed by atoms with Gasteiger partial charge in [0.15, 0.2) is 6.61 Å². The third-order valence-corrected chi connectivity index (χ3v) is 3.25. The van der Waals surface area contributed by atoms with E-state index < -0.39 is 12.8 Å². The fourth-order valence-electron chi connectivity index (χ4n) is 2.29. The average Bonchev–Trinajstić information content (AvgIpc) is 2.44. The number of alkyl halides is 3. The molecule has 1 aromatic rings. The molecule has 1 aliphatic heterocycles. The first kappa shape index (κ1) is 15.6. The normalized spacial score (nSPS) is 19.4. The van der Waals surface area contributed by atoms with Crippen molar-refractivity contribution < 1.29 is 22.7 Å². The number of hydrogen-bond acceptors (Lipinski definition) is 3. The molecule has 116 valence electrons. The molecule has 0 unspecified atom stereocenters. The van der Waals surface area contributed by atoms with Crippen molar-refractivity contribution in [2.45, 2.75) is 25.1 Å². The van der Waals surface area contributed by atoms with Crippen LogP contribution in [0.25, 0.3) is 0 Å². The van der Waals surface area contributed by atoms with Gasteiger partial charge in [-0.3, -0.25) is 4.79 Å². The number of amides is 1. The zero-order valence-corrected chi connectivity index (χ0v) is 11.4. The number of benzene rings is 1. The monoisotopic (exact) mass is 302 g/mol.